The Hall–Kier alpha value is -1.36. The minimum Gasteiger partial charge on any atom is -0.369 e. The van der Waals surface area contributed by atoms with Crippen LogP contribution in [0, 0.1) is 0 Å². The maximum absolute atomic E-state index is 5.46. The fourth-order valence-corrected chi connectivity index (χ4v) is 2.37. The zero-order valence-corrected chi connectivity index (χ0v) is 10.9. The molecule has 0 amide bonds. The number of anilines is 2. The highest BCUT2D eigenvalue weighted by Gasteiger charge is 2.12. The van der Waals surface area contributed by atoms with Crippen molar-refractivity contribution in [2.75, 3.05) is 23.7 Å². The summed E-state index contributed by atoms with van der Waals surface area (Å²) in [6, 6.07) is 2.52. The van der Waals surface area contributed by atoms with Crippen LogP contribution < -0.4 is 16.4 Å². The van der Waals surface area contributed by atoms with Gasteiger partial charge in [-0.3, -0.25) is 0 Å². The standard InChI is InChI=1S/C13H23N5/c14-7-8-15-12-9-13(17-10-16-12)18-11-5-3-1-2-4-6-11/h9-11H,1-8,14H2,(H2,15,16,17,18). The van der Waals surface area contributed by atoms with Crippen molar-refractivity contribution in [3.05, 3.63) is 12.4 Å². The fraction of sp³-hybridized carbons (Fsp3) is 0.692. The van der Waals surface area contributed by atoms with E-state index in [4.69, 9.17) is 5.73 Å². The van der Waals surface area contributed by atoms with Crippen LogP contribution in [0.3, 0.4) is 0 Å². The van der Waals surface area contributed by atoms with Gasteiger partial charge in [-0.1, -0.05) is 25.7 Å². The van der Waals surface area contributed by atoms with Gasteiger partial charge in [0.05, 0.1) is 0 Å². The van der Waals surface area contributed by atoms with E-state index in [1.807, 2.05) is 6.07 Å². The molecule has 0 atom stereocenters. The van der Waals surface area contributed by atoms with Gasteiger partial charge in [0.25, 0.3) is 0 Å². The lowest BCUT2D eigenvalue weighted by atomic mass is 10.1. The maximum atomic E-state index is 5.46. The van der Waals surface area contributed by atoms with E-state index in [0.29, 0.717) is 12.6 Å². The lowest BCUT2D eigenvalue weighted by Crippen LogP contribution is -2.19. The number of rotatable bonds is 5. The number of hydrogen-bond donors (Lipinski definition) is 3. The molecule has 4 N–H and O–H groups in total. The topological polar surface area (TPSA) is 75.9 Å². The Balaban J connectivity index is 1.91. The first kappa shape index (κ1) is 13.1. The largest absolute Gasteiger partial charge is 0.369 e. The van der Waals surface area contributed by atoms with E-state index in [-0.39, 0.29) is 0 Å². The third kappa shape index (κ3) is 4.14. The summed E-state index contributed by atoms with van der Waals surface area (Å²) in [4.78, 5) is 8.45. The van der Waals surface area contributed by atoms with Gasteiger partial charge in [0.2, 0.25) is 0 Å². The first-order valence-corrected chi connectivity index (χ1v) is 6.91. The summed E-state index contributed by atoms with van der Waals surface area (Å²) in [5, 5.41) is 6.68. The van der Waals surface area contributed by atoms with Crippen molar-refractivity contribution in [2.45, 2.75) is 44.6 Å². The Morgan fingerprint density at radius 3 is 2.56 bits per heavy atom. The average molecular weight is 249 g/mol. The minimum absolute atomic E-state index is 0.560. The van der Waals surface area contributed by atoms with Gasteiger partial charge in [-0.15, -0.1) is 0 Å². The molecule has 0 spiro atoms. The zero-order chi connectivity index (χ0) is 12.6. The number of aromatic nitrogens is 2. The smallest absolute Gasteiger partial charge is 0.131 e. The van der Waals surface area contributed by atoms with Crippen molar-refractivity contribution in [1.82, 2.24) is 9.97 Å². The first-order valence-electron chi connectivity index (χ1n) is 6.91. The summed E-state index contributed by atoms with van der Waals surface area (Å²) in [7, 11) is 0. The van der Waals surface area contributed by atoms with Gasteiger partial charge in [-0.25, -0.2) is 9.97 Å². The predicted octanol–water partition coefficient (Wildman–Crippen LogP) is 1.98. The quantitative estimate of drug-likeness (QED) is 0.696. The molecular formula is C13H23N5. The van der Waals surface area contributed by atoms with E-state index in [2.05, 4.69) is 20.6 Å². The van der Waals surface area contributed by atoms with Gasteiger partial charge in [0.1, 0.15) is 18.0 Å². The Morgan fingerprint density at radius 1 is 1.11 bits per heavy atom. The number of nitrogens with two attached hydrogens (primary N) is 1. The van der Waals surface area contributed by atoms with Crippen LogP contribution in [0.1, 0.15) is 38.5 Å². The minimum atomic E-state index is 0.560. The van der Waals surface area contributed by atoms with Crippen LogP contribution in [0.5, 0.6) is 0 Å². The molecule has 1 aliphatic carbocycles. The van der Waals surface area contributed by atoms with E-state index in [1.54, 1.807) is 6.33 Å². The molecule has 1 fully saturated rings. The zero-order valence-electron chi connectivity index (χ0n) is 10.9. The summed E-state index contributed by atoms with van der Waals surface area (Å²) < 4.78 is 0. The van der Waals surface area contributed by atoms with E-state index < -0.39 is 0 Å². The molecule has 0 aliphatic heterocycles. The average Bonchev–Trinajstić information content (AvgIpc) is 2.65. The summed E-state index contributed by atoms with van der Waals surface area (Å²) in [6.07, 6.45) is 9.46. The Labute approximate surface area is 109 Å². The Kier molecular flexibility index (Phi) is 5.20. The summed E-state index contributed by atoms with van der Waals surface area (Å²) in [6.45, 7) is 1.34. The molecule has 5 nitrogen and oxygen atoms in total. The van der Waals surface area contributed by atoms with Crippen molar-refractivity contribution < 1.29 is 0 Å². The van der Waals surface area contributed by atoms with Crippen LogP contribution in [0.2, 0.25) is 0 Å². The normalized spacial score (nSPS) is 17.2. The second-order valence-corrected chi connectivity index (χ2v) is 4.84. The molecular weight excluding hydrogens is 226 g/mol. The molecule has 1 saturated carbocycles. The highest BCUT2D eigenvalue weighted by molar-refractivity contribution is 5.46. The predicted molar refractivity (Wildman–Crippen MR) is 74.7 cm³/mol. The lowest BCUT2D eigenvalue weighted by molar-refractivity contribution is 0.617. The summed E-state index contributed by atoms with van der Waals surface area (Å²) >= 11 is 0. The maximum Gasteiger partial charge on any atom is 0.131 e. The third-order valence-corrected chi connectivity index (χ3v) is 3.32. The van der Waals surface area contributed by atoms with Crippen molar-refractivity contribution in [2.24, 2.45) is 5.73 Å². The molecule has 0 unspecified atom stereocenters. The van der Waals surface area contributed by atoms with Gasteiger partial charge in [0, 0.05) is 25.2 Å². The molecule has 0 saturated heterocycles. The Morgan fingerprint density at radius 2 is 1.83 bits per heavy atom. The van der Waals surface area contributed by atoms with E-state index in [0.717, 1.165) is 18.2 Å². The summed E-state index contributed by atoms with van der Waals surface area (Å²) in [5.74, 6) is 1.75. The van der Waals surface area contributed by atoms with Crippen LogP contribution in [0.15, 0.2) is 12.4 Å². The molecule has 100 valence electrons. The molecule has 2 rings (SSSR count). The number of hydrogen-bond acceptors (Lipinski definition) is 5. The van der Waals surface area contributed by atoms with Crippen molar-refractivity contribution in [3.8, 4) is 0 Å². The molecule has 0 aromatic carbocycles. The number of nitrogens with one attached hydrogen (secondary N) is 2. The second-order valence-electron chi connectivity index (χ2n) is 4.84. The van der Waals surface area contributed by atoms with Crippen LogP contribution in [0.25, 0.3) is 0 Å². The molecule has 0 bridgehead atoms. The highest BCUT2D eigenvalue weighted by atomic mass is 15.1. The van der Waals surface area contributed by atoms with Gasteiger partial charge >= 0.3 is 0 Å². The van der Waals surface area contributed by atoms with Crippen molar-refractivity contribution >= 4 is 11.6 Å². The monoisotopic (exact) mass is 249 g/mol. The van der Waals surface area contributed by atoms with Gasteiger partial charge < -0.3 is 16.4 Å². The first-order chi connectivity index (χ1) is 8.88. The molecule has 1 aromatic heterocycles. The van der Waals surface area contributed by atoms with Gasteiger partial charge in [-0.05, 0) is 12.8 Å². The third-order valence-electron chi connectivity index (χ3n) is 3.32. The van der Waals surface area contributed by atoms with Crippen LogP contribution in [0.4, 0.5) is 11.6 Å². The molecule has 5 heteroatoms. The molecule has 1 heterocycles. The highest BCUT2D eigenvalue weighted by Crippen LogP contribution is 2.20. The second kappa shape index (κ2) is 7.16. The van der Waals surface area contributed by atoms with Crippen LogP contribution >= 0.6 is 0 Å². The van der Waals surface area contributed by atoms with Crippen molar-refractivity contribution in [1.29, 1.82) is 0 Å². The molecule has 18 heavy (non-hydrogen) atoms. The Bertz CT molecular complexity index is 347. The van der Waals surface area contributed by atoms with Crippen LogP contribution in [-0.2, 0) is 0 Å². The van der Waals surface area contributed by atoms with Gasteiger partial charge in [-0.2, -0.15) is 0 Å². The van der Waals surface area contributed by atoms with E-state index in [9.17, 15) is 0 Å². The summed E-state index contributed by atoms with van der Waals surface area (Å²) in [5.41, 5.74) is 5.46. The fourth-order valence-electron chi connectivity index (χ4n) is 2.37. The molecule has 1 aliphatic rings. The SMILES string of the molecule is NCCNc1cc(NC2CCCCCC2)ncn1. The van der Waals surface area contributed by atoms with Crippen LogP contribution in [-0.4, -0.2) is 29.1 Å². The van der Waals surface area contributed by atoms with E-state index in [1.165, 1.54) is 38.5 Å². The number of nitrogens with zero attached hydrogens (tertiary/aromatic N) is 2. The van der Waals surface area contributed by atoms with Gasteiger partial charge in [0.15, 0.2) is 0 Å². The molecule has 1 aromatic rings. The van der Waals surface area contributed by atoms with Crippen molar-refractivity contribution in [3.63, 3.8) is 0 Å². The molecule has 0 radical (unpaired) electrons. The van der Waals surface area contributed by atoms with E-state index >= 15 is 0 Å². The lowest BCUT2D eigenvalue weighted by Gasteiger charge is -2.17.